The Morgan fingerprint density at radius 1 is 1.46 bits per heavy atom. The van der Waals surface area contributed by atoms with Gasteiger partial charge in [-0.15, -0.1) is 0 Å². The van der Waals surface area contributed by atoms with Gasteiger partial charge in [-0.05, 0) is 18.9 Å². The number of benzene rings is 1. The van der Waals surface area contributed by atoms with Crippen molar-refractivity contribution in [2.24, 2.45) is 5.92 Å². The number of aromatic nitrogens is 2. The normalized spacial score (nSPS) is 17.3. The number of hydrogen-bond acceptors (Lipinski definition) is 3. The van der Waals surface area contributed by atoms with E-state index in [0.29, 0.717) is 30.9 Å². The van der Waals surface area contributed by atoms with E-state index < -0.39 is 0 Å². The number of anilines is 1. The number of hydrogen-bond donors (Lipinski definition) is 1. The van der Waals surface area contributed by atoms with Gasteiger partial charge in [0, 0.05) is 24.8 Å². The number of amides is 2. The third kappa shape index (κ3) is 3.71. The van der Waals surface area contributed by atoms with Crippen LogP contribution in [0.3, 0.4) is 0 Å². The number of nitrogens with zero attached hydrogens (tertiary/aromatic N) is 4. The molecule has 3 rings (SSSR count). The van der Waals surface area contributed by atoms with Crippen LogP contribution in [0.4, 0.5) is 14.9 Å². The largest absolute Gasteiger partial charge is 0.323 e. The predicted molar refractivity (Wildman–Crippen MR) is 86.7 cm³/mol. The molecule has 1 aliphatic rings. The molecule has 1 saturated heterocycles. The lowest BCUT2D eigenvalue weighted by molar-refractivity contribution is 0.189. The minimum atomic E-state index is -0.283. The lowest BCUT2D eigenvalue weighted by Gasteiger charge is -2.29. The lowest BCUT2D eigenvalue weighted by Crippen LogP contribution is -2.41. The van der Waals surface area contributed by atoms with E-state index in [9.17, 15) is 9.18 Å². The fourth-order valence-corrected chi connectivity index (χ4v) is 2.79. The van der Waals surface area contributed by atoms with Crippen molar-refractivity contribution in [3.8, 4) is 6.07 Å². The van der Waals surface area contributed by atoms with Crippen molar-refractivity contribution in [1.82, 2.24) is 14.7 Å². The van der Waals surface area contributed by atoms with Gasteiger partial charge in [-0.3, -0.25) is 4.68 Å². The maximum absolute atomic E-state index is 13.7. The number of nitriles is 1. The van der Waals surface area contributed by atoms with Crippen LogP contribution in [0.1, 0.15) is 18.4 Å². The fourth-order valence-electron chi connectivity index (χ4n) is 2.79. The summed E-state index contributed by atoms with van der Waals surface area (Å²) in [6, 6.07) is 8.50. The summed E-state index contributed by atoms with van der Waals surface area (Å²) in [6.45, 7) is 1.39. The van der Waals surface area contributed by atoms with Gasteiger partial charge in [-0.2, -0.15) is 10.4 Å². The molecule has 0 saturated carbocycles. The molecule has 0 spiro atoms. The summed E-state index contributed by atoms with van der Waals surface area (Å²) in [4.78, 5) is 13.9. The van der Waals surface area contributed by atoms with Crippen molar-refractivity contribution in [3.63, 3.8) is 0 Å². The minimum Gasteiger partial charge on any atom is -0.323 e. The number of carbonyl (C=O) groups excluding carboxylic acids is 1. The molecule has 0 aliphatic carbocycles. The van der Waals surface area contributed by atoms with Crippen LogP contribution < -0.4 is 5.32 Å². The Morgan fingerprint density at radius 2 is 2.29 bits per heavy atom. The van der Waals surface area contributed by atoms with Crippen LogP contribution in [0, 0.1) is 23.1 Å². The standard InChI is InChI=1S/C17H18FN5O/c18-16-6-2-1-5-14(16)11-23-12-15(9-20-23)21-17(24)22-7-3-4-13(8-19)10-22/h1-2,5-6,9,12-13H,3-4,7,10-11H2,(H,21,24)/t13-/m1/s1. The number of likely N-dealkylation sites (tertiary alicyclic amines) is 1. The monoisotopic (exact) mass is 327 g/mol. The fraction of sp³-hybridized carbons (Fsp3) is 0.353. The second-order valence-electron chi connectivity index (χ2n) is 5.86. The molecule has 1 N–H and O–H groups in total. The first-order valence-electron chi connectivity index (χ1n) is 7.87. The second kappa shape index (κ2) is 7.13. The Hall–Kier alpha value is -2.88. The molecule has 7 heteroatoms. The van der Waals surface area contributed by atoms with Crippen LogP contribution in [0.2, 0.25) is 0 Å². The molecule has 0 radical (unpaired) electrons. The van der Waals surface area contributed by atoms with Crippen LogP contribution in [0.15, 0.2) is 36.7 Å². The summed E-state index contributed by atoms with van der Waals surface area (Å²) in [7, 11) is 0. The van der Waals surface area contributed by atoms with E-state index in [1.807, 2.05) is 0 Å². The van der Waals surface area contributed by atoms with E-state index in [1.54, 1.807) is 34.0 Å². The first-order chi connectivity index (χ1) is 11.7. The summed E-state index contributed by atoms with van der Waals surface area (Å²) < 4.78 is 15.2. The molecule has 1 atom stereocenters. The van der Waals surface area contributed by atoms with Gasteiger partial charge < -0.3 is 10.2 Å². The number of carbonyl (C=O) groups is 1. The summed E-state index contributed by atoms with van der Waals surface area (Å²) in [5.74, 6) is -0.386. The molecule has 6 nitrogen and oxygen atoms in total. The molecule has 1 aromatic carbocycles. The van der Waals surface area contributed by atoms with E-state index in [1.165, 1.54) is 12.3 Å². The zero-order valence-corrected chi connectivity index (χ0v) is 13.2. The molecule has 2 heterocycles. The molecule has 24 heavy (non-hydrogen) atoms. The number of halogens is 1. The van der Waals surface area contributed by atoms with Crippen LogP contribution in [0.25, 0.3) is 0 Å². The Morgan fingerprint density at radius 3 is 3.08 bits per heavy atom. The molecular weight excluding hydrogens is 309 g/mol. The summed E-state index contributed by atoms with van der Waals surface area (Å²) in [5, 5.41) is 15.9. The molecule has 0 bridgehead atoms. The Labute approximate surface area is 139 Å². The van der Waals surface area contributed by atoms with Crippen molar-refractivity contribution in [2.75, 3.05) is 18.4 Å². The third-order valence-electron chi connectivity index (χ3n) is 4.07. The Balaban J connectivity index is 1.61. The highest BCUT2D eigenvalue weighted by Gasteiger charge is 2.23. The molecule has 1 fully saturated rings. The highest BCUT2D eigenvalue weighted by molar-refractivity contribution is 5.89. The van der Waals surface area contributed by atoms with Crippen molar-refractivity contribution in [3.05, 3.63) is 48.0 Å². The van der Waals surface area contributed by atoms with Crippen LogP contribution in [0.5, 0.6) is 0 Å². The number of rotatable bonds is 3. The first-order valence-corrected chi connectivity index (χ1v) is 7.87. The van der Waals surface area contributed by atoms with Crippen molar-refractivity contribution in [2.45, 2.75) is 19.4 Å². The van der Waals surface area contributed by atoms with Gasteiger partial charge in [-0.25, -0.2) is 9.18 Å². The Kier molecular flexibility index (Phi) is 4.75. The highest BCUT2D eigenvalue weighted by Crippen LogP contribution is 2.17. The molecule has 0 unspecified atom stereocenters. The van der Waals surface area contributed by atoms with Crippen LogP contribution in [-0.4, -0.2) is 33.8 Å². The van der Waals surface area contributed by atoms with Crippen LogP contribution in [-0.2, 0) is 6.54 Å². The van der Waals surface area contributed by atoms with Gasteiger partial charge in [0.15, 0.2) is 0 Å². The van der Waals surface area contributed by atoms with Gasteiger partial charge in [0.25, 0.3) is 0 Å². The van der Waals surface area contributed by atoms with Crippen molar-refractivity contribution < 1.29 is 9.18 Å². The molecule has 2 aromatic rings. The van der Waals surface area contributed by atoms with Gasteiger partial charge in [0.1, 0.15) is 5.82 Å². The number of piperidine rings is 1. The number of urea groups is 1. The quantitative estimate of drug-likeness (QED) is 0.942. The summed E-state index contributed by atoms with van der Waals surface area (Å²) in [5.41, 5.74) is 1.08. The van der Waals surface area contributed by atoms with E-state index in [4.69, 9.17) is 5.26 Å². The molecule has 124 valence electrons. The van der Waals surface area contributed by atoms with E-state index in [-0.39, 0.29) is 17.8 Å². The molecular formula is C17H18FN5O. The highest BCUT2D eigenvalue weighted by atomic mass is 19.1. The summed E-state index contributed by atoms with van der Waals surface area (Å²) >= 11 is 0. The van der Waals surface area contributed by atoms with Gasteiger partial charge in [0.05, 0.1) is 30.4 Å². The molecule has 1 aliphatic heterocycles. The third-order valence-corrected chi connectivity index (χ3v) is 4.07. The first kappa shape index (κ1) is 16.0. The van der Waals surface area contributed by atoms with Crippen LogP contribution >= 0.6 is 0 Å². The van der Waals surface area contributed by atoms with Gasteiger partial charge in [0.2, 0.25) is 0 Å². The maximum Gasteiger partial charge on any atom is 0.321 e. The Bertz CT molecular complexity index is 766. The average Bonchev–Trinajstić information content (AvgIpc) is 3.04. The lowest BCUT2D eigenvalue weighted by atomic mass is 10.0. The van der Waals surface area contributed by atoms with Crippen molar-refractivity contribution in [1.29, 1.82) is 5.26 Å². The molecule has 1 aromatic heterocycles. The maximum atomic E-state index is 13.7. The topological polar surface area (TPSA) is 74.0 Å². The van der Waals surface area contributed by atoms with Crippen molar-refractivity contribution >= 4 is 11.7 Å². The summed E-state index contributed by atoms with van der Waals surface area (Å²) in [6.07, 6.45) is 4.86. The van der Waals surface area contributed by atoms with Gasteiger partial charge in [-0.1, -0.05) is 18.2 Å². The van der Waals surface area contributed by atoms with Gasteiger partial charge >= 0.3 is 6.03 Å². The predicted octanol–water partition coefficient (Wildman–Crippen LogP) is 2.84. The molecule has 2 amide bonds. The SMILES string of the molecule is N#C[C@H]1CCCN(C(=O)Nc2cnn(Cc3ccccc3F)c2)C1. The number of nitrogens with one attached hydrogen (secondary N) is 1. The minimum absolute atomic E-state index is 0.103. The van der Waals surface area contributed by atoms with E-state index in [0.717, 1.165) is 12.8 Å². The second-order valence-corrected chi connectivity index (χ2v) is 5.86. The average molecular weight is 327 g/mol. The van der Waals surface area contributed by atoms with E-state index >= 15 is 0 Å². The smallest absolute Gasteiger partial charge is 0.321 e. The van der Waals surface area contributed by atoms with E-state index in [2.05, 4.69) is 16.5 Å². The zero-order valence-electron chi connectivity index (χ0n) is 13.2. The zero-order chi connectivity index (χ0) is 16.9.